The number of fused-ring (bicyclic) bond motifs is 1. The molecule has 0 aliphatic carbocycles. The van der Waals surface area contributed by atoms with Crippen LogP contribution in [0.3, 0.4) is 0 Å². The quantitative estimate of drug-likeness (QED) is 0.294. The molecule has 0 bridgehead atoms. The van der Waals surface area contributed by atoms with E-state index in [0.717, 1.165) is 33.5 Å². The number of hydrogen-bond acceptors (Lipinski definition) is 5. The largest absolute Gasteiger partial charge is 0.497 e. The number of halogens is 1. The monoisotopic (exact) mass is 411 g/mol. The fourth-order valence-corrected chi connectivity index (χ4v) is 3.64. The molecule has 0 N–H and O–H groups in total. The number of methoxy groups -OCH3 is 1. The predicted octanol–water partition coefficient (Wildman–Crippen LogP) is 6.11. The minimum Gasteiger partial charge on any atom is -0.497 e. The summed E-state index contributed by atoms with van der Waals surface area (Å²) in [5, 5.41) is 4.27. The molecule has 142 valence electrons. The number of aromatic nitrogens is 1. The zero-order valence-corrected chi connectivity index (χ0v) is 17.2. The van der Waals surface area contributed by atoms with Crippen LogP contribution < -0.4 is 4.74 Å². The number of hydrogen-bond donors (Lipinski definition) is 0. The Morgan fingerprint density at radius 1 is 1.18 bits per heavy atom. The van der Waals surface area contributed by atoms with Gasteiger partial charge in [-0.15, -0.1) is 11.3 Å². The lowest BCUT2D eigenvalue weighted by atomic mass is 10.0. The van der Waals surface area contributed by atoms with E-state index < -0.39 is 0 Å². The molecular weight excluding hydrogens is 394 g/mol. The highest BCUT2D eigenvalue weighted by Crippen LogP contribution is 2.43. The van der Waals surface area contributed by atoms with Crippen LogP contribution in [0.4, 0.5) is 5.13 Å². The third-order valence-corrected chi connectivity index (χ3v) is 5.15. The Morgan fingerprint density at radius 2 is 1.96 bits per heavy atom. The van der Waals surface area contributed by atoms with Crippen molar-refractivity contribution in [2.75, 3.05) is 21.2 Å². The van der Waals surface area contributed by atoms with E-state index in [2.05, 4.69) is 9.98 Å². The molecule has 2 aromatic heterocycles. The summed E-state index contributed by atoms with van der Waals surface area (Å²) in [5.41, 5.74) is 3.47. The highest BCUT2D eigenvalue weighted by Gasteiger charge is 2.20. The molecule has 0 radical (unpaired) electrons. The average molecular weight is 412 g/mol. The zero-order chi connectivity index (χ0) is 19.7. The maximum absolute atomic E-state index is 6.20. The molecule has 28 heavy (non-hydrogen) atoms. The summed E-state index contributed by atoms with van der Waals surface area (Å²) in [6.45, 7) is 0. The van der Waals surface area contributed by atoms with Crippen LogP contribution in [0, 0.1) is 0 Å². The van der Waals surface area contributed by atoms with Crippen LogP contribution in [0.2, 0.25) is 5.02 Å². The number of ether oxygens (including phenoxy) is 1. The van der Waals surface area contributed by atoms with E-state index in [1.54, 1.807) is 13.4 Å². The summed E-state index contributed by atoms with van der Waals surface area (Å²) < 4.78 is 11.6. The molecule has 2 heterocycles. The third-order valence-electron chi connectivity index (χ3n) is 4.15. The molecule has 0 unspecified atom stereocenters. The fourth-order valence-electron chi connectivity index (χ4n) is 2.88. The van der Waals surface area contributed by atoms with Gasteiger partial charge in [-0.2, -0.15) is 0 Å². The first-order valence-electron chi connectivity index (χ1n) is 8.58. The molecule has 0 spiro atoms. The Labute approximate surface area is 171 Å². The average Bonchev–Trinajstić information content (AvgIpc) is 3.31. The van der Waals surface area contributed by atoms with E-state index in [0.29, 0.717) is 15.9 Å². The SMILES string of the molecule is COc1ccc2oc(-c3csc(/N=C/N(C)C)n3)c(-c3ccc(Cl)cc3)c2c1. The number of nitrogens with zero attached hydrogens (tertiary/aromatic N) is 3. The minimum atomic E-state index is 0.670. The van der Waals surface area contributed by atoms with E-state index in [9.17, 15) is 0 Å². The van der Waals surface area contributed by atoms with Gasteiger partial charge in [0.15, 0.2) is 5.76 Å². The molecule has 7 heteroatoms. The first-order valence-corrected chi connectivity index (χ1v) is 9.84. The molecule has 0 atom stereocenters. The van der Waals surface area contributed by atoms with Crippen molar-refractivity contribution in [3.8, 4) is 28.3 Å². The first kappa shape index (κ1) is 18.5. The van der Waals surface area contributed by atoms with Gasteiger partial charge < -0.3 is 14.1 Å². The standard InChI is InChI=1S/C21H18ClN3O2S/c1-25(2)12-23-21-24-17(11-28-21)20-19(13-4-6-14(22)7-5-13)16-10-15(26-3)8-9-18(16)27-20/h4-12H,1-3H3/b23-12+. The molecule has 5 nitrogen and oxygen atoms in total. The van der Waals surface area contributed by atoms with Gasteiger partial charge in [-0.05, 0) is 35.9 Å². The molecular formula is C21H18ClN3O2S. The van der Waals surface area contributed by atoms with Crippen LogP contribution in [-0.4, -0.2) is 37.4 Å². The first-order chi connectivity index (χ1) is 13.5. The predicted molar refractivity (Wildman–Crippen MR) is 116 cm³/mol. The number of thiazole rings is 1. The molecule has 0 saturated carbocycles. The van der Waals surface area contributed by atoms with Crippen molar-refractivity contribution in [2.45, 2.75) is 0 Å². The lowest BCUT2D eigenvalue weighted by Crippen LogP contribution is -2.06. The van der Waals surface area contributed by atoms with Gasteiger partial charge in [0.05, 0.1) is 13.4 Å². The second-order valence-corrected chi connectivity index (χ2v) is 7.67. The van der Waals surface area contributed by atoms with Crippen LogP contribution in [-0.2, 0) is 0 Å². The topological polar surface area (TPSA) is 50.9 Å². The summed E-state index contributed by atoms with van der Waals surface area (Å²) in [5.74, 6) is 1.47. The molecule has 4 rings (SSSR count). The van der Waals surface area contributed by atoms with Crippen molar-refractivity contribution in [2.24, 2.45) is 4.99 Å². The van der Waals surface area contributed by atoms with Gasteiger partial charge in [-0.3, -0.25) is 0 Å². The fraction of sp³-hybridized carbons (Fsp3) is 0.143. The molecule has 4 aromatic rings. The van der Waals surface area contributed by atoms with E-state index in [1.165, 1.54) is 11.3 Å². The van der Waals surface area contributed by atoms with Crippen molar-refractivity contribution >= 4 is 45.4 Å². The Balaban J connectivity index is 1.90. The zero-order valence-electron chi connectivity index (χ0n) is 15.6. The Bertz CT molecular complexity index is 1150. The van der Waals surface area contributed by atoms with E-state index in [-0.39, 0.29) is 0 Å². The van der Waals surface area contributed by atoms with Gasteiger partial charge in [-0.1, -0.05) is 23.7 Å². The second-order valence-electron chi connectivity index (χ2n) is 6.40. The Kier molecular flexibility index (Phi) is 5.07. The van der Waals surface area contributed by atoms with E-state index >= 15 is 0 Å². The van der Waals surface area contributed by atoms with Gasteiger partial charge in [0, 0.05) is 35.4 Å². The summed E-state index contributed by atoms with van der Waals surface area (Å²) in [6, 6.07) is 13.5. The van der Waals surface area contributed by atoms with Gasteiger partial charge in [0.1, 0.15) is 17.0 Å². The van der Waals surface area contributed by atoms with E-state index in [1.807, 2.05) is 66.8 Å². The van der Waals surface area contributed by atoms with Crippen molar-refractivity contribution < 1.29 is 9.15 Å². The third kappa shape index (κ3) is 3.61. The van der Waals surface area contributed by atoms with Gasteiger partial charge in [-0.25, -0.2) is 9.98 Å². The van der Waals surface area contributed by atoms with Crippen molar-refractivity contribution in [1.29, 1.82) is 0 Å². The maximum atomic E-state index is 6.20. The number of rotatable bonds is 5. The number of aliphatic imine (C=N–C) groups is 1. The van der Waals surface area contributed by atoms with Crippen molar-refractivity contribution in [1.82, 2.24) is 9.88 Å². The van der Waals surface area contributed by atoms with Crippen LogP contribution in [0.1, 0.15) is 0 Å². The van der Waals surface area contributed by atoms with Crippen molar-refractivity contribution in [3.05, 3.63) is 52.9 Å². The number of furan rings is 1. The lowest BCUT2D eigenvalue weighted by molar-refractivity contribution is 0.415. The summed E-state index contributed by atoms with van der Waals surface area (Å²) in [7, 11) is 5.49. The summed E-state index contributed by atoms with van der Waals surface area (Å²) >= 11 is 7.55. The molecule has 0 saturated heterocycles. The summed E-state index contributed by atoms with van der Waals surface area (Å²) in [6.07, 6.45) is 1.73. The molecule has 0 amide bonds. The second kappa shape index (κ2) is 7.66. The Morgan fingerprint density at radius 3 is 2.68 bits per heavy atom. The Hall–Kier alpha value is -2.83. The smallest absolute Gasteiger partial charge is 0.211 e. The lowest BCUT2D eigenvalue weighted by Gasteiger charge is -2.03. The molecule has 0 aliphatic heterocycles. The van der Waals surface area contributed by atoms with Crippen molar-refractivity contribution in [3.63, 3.8) is 0 Å². The van der Waals surface area contributed by atoms with Crippen LogP contribution >= 0.6 is 22.9 Å². The highest BCUT2D eigenvalue weighted by atomic mass is 35.5. The normalized spacial score (nSPS) is 11.4. The van der Waals surface area contributed by atoms with Gasteiger partial charge >= 0.3 is 0 Å². The highest BCUT2D eigenvalue weighted by molar-refractivity contribution is 7.13. The van der Waals surface area contributed by atoms with Gasteiger partial charge in [0.2, 0.25) is 5.13 Å². The van der Waals surface area contributed by atoms with Crippen LogP contribution in [0.15, 0.2) is 57.3 Å². The molecule has 2 aromatic carbocycles. The maximum Gasteiger partial charge on any atom is 0.211 e. The number of benzene rings is 2. The summed E-state index contributed by atoms with van der Waals surface area (Å²) in [4.78, 5) is 10.9. The molecule has 0 fully saturated rings. The molecule has 0 aliphatic rings. The van der Waals surface area contributed by atoms with Crippen LogP contribution in [0.5, 0.6) is 5.75 Å². The van der Waals surface area contributed by atoms with E-state index in [4.69, 9.17) is 20.8 Å². The minimum absolute atomic E-state index is 0.670. The van der Waals surface area contributed by atoms with Gasteiger partial charge in [0.25, 0.3) is 0 Å². The van der Waals surface area contributed by atoms with Crippen LogP contribution in [0.25, 0.3) is 33.6 Å².